The molecular weight excluding hydrogens is 328 g/mol. The van der Waals surface area contributed by atoms with Crippen LogP contribution >= 0.6 is 0 Å². The Bertz CT molecular complexity index is 996. The van der Waals surface area contributed by atoms with E-state index >= 15 is 0 Å². The van der Waals surface area contributed by atoms with Gasteiger partial charge in [0.2, 0.25) is 0 Å². The molecule has 6 heteroatoms. The number of H-pyrrole nitrogens is 2. The number of nitrogens with zero attached hydrogens (tertiary/aromatic N) is 2. The molecular formula is C20H20N4O2. The number of aromatic amines is 2. The second-order valence-corrected chi connectivity index (χ2v) is 5.90. The molecule has 2 aromatic carbocycles. The number of benzene rings is 2. The summed E-state index contributed by atoms with van der Waals surface area (Å²) in [6.07, 6.45) is 0. The number of hydrogen-bond donors (Lipinski definition) is 2. The monoisotopic (exact) mass is 348 g/mol. The summed E-state index contributed by atoms with van der Waals surface area (Å²) in [5, 5.41) is 5.93. The minimum atomic E-state index is -0.0244. The highest BCUT2D eigenvalue weighted by atomic mass is 16.1. The van der Waals surface area contributed by atoms with Gasteiger partial charge in [0.25, 0.3) is 11.1 Å². The van der Waals surface area contributed by atoms with Gasteiger partial charge in [-0.15, -0.1) is 0 Å². The van der Waals surface area contributed by atoms with Gasteiger partial charge in [-0.1, -0.05) is 36.4 Å². The second kappa shape index (κ2) is 7.57. The Morgan fingerprint density at radius 2 is 0.962 bits per heavy atom. The van der Waals surface area contributed by atoms with Crippen LogP contribution in [-0.2, 0) is 0 Å². The summed E-state index contributed by atoms with van der Waals surface area (Å²) in [5.74, 6) is 0. The maximum Gasteiger partial charge on any atom is 0.271 e. The molecule has 0 atom stereocenters. The van der Waals surface area contributed by atoms with Crippen molar-refractivity contribution in [2.45, 2.75) is 13.8 Å². The quantitative estimate of drug-likeness (QED) is 0.584. The van der Waals surface area contributed by atoms with Crippen molar-refractivity contribution in [3.05, 3.63) is 105 Å². The molecule has 0 spiro atoms. The Kier molecular flexibility index (Phi) is 5.03. The van der Waals surface area contributed by atoms with Crippen LogP contribution in [0.1, 0.15) is 11.4 Å². The lowest BCUT2D eigenvalue weighted by Gasteiger charge is -1.99. The van der Waals surface area contributed by atoms with Crippen molar-refractivity contribution in [3.8, 4) is 11.4 Å². The summed E-state index contributed by atoms with van der Waals surface area (Å²) in [6.45, 7) is 3.72. The number of aromatic nitrogens is 4. The summed E-state index contributed by atoms with van der Waals surface area (Å²) < 4.78 is 3.05. The van der Waals surface area contributed by atoms with E-state index in [2.05, 4.69) is 10.2 Å². The Hall–Kier alpha value is -3.54. The van der Waals surface area contributed by atoms with E-state index in [0.29, 0.717) is 0 Å². The molecule has 26 heavy (non-hydrogen) atoms. The molecule has 132 valence electrons. The summed E-state index contributed by atoms with van der Waals surface area (Å²) in [7, 11) is 0. The average molecular weight is 348 g/mol. The third-order valence-corrected chi connectivity index (χ3v) is 3.73. The molecule has 6 nitrogen and oxygen atoms in total. The van der Waals surface area contributed by atoms with Crippen LogP contribution in [-0.4, -0.2) is 19.6 Å². The first kappa shape index (κ1) is 17.3. The first-order valence-electron chi connectivity index (χ1n) is 8.23. The number of para-hydroxylation sites is 2. The lowest BCUT2D eigenvalue weighted by molar-refractivity contribution is 0.835. The van der Waals surface area contributed by atoms with Crippen molar-refractivity contribution in [3.63, 3.8) is 0 Å². The van der Waals surface area contributed by atoms with E-state index in [1.807, 2.05) is 74.5 Å². The predicted octanol–water partition coefficient (Wildman–Crippen LogP) is 2.95. The molecule has 0 fully saturated rings. The summed E-state index contributed by atoms with van der Waals surface area (Å²) in [4.78, 5) is 22.7. The van der Waals surface area contributed by atoms with E-state index in [1.54, 1.807) is 12.1 Å². The Morgan fingerprint density at radius 1 is 0.615 bits per heavy atom. The van der Waals surface area contributed by atoms with Crippen molar-refractivity contribution in [1.29, 1.82) is 0 Å². The van der Waals surface area contributed by atoms with Crippen LogP contribution in [0.25, 0.3) is 11.4 Å². The molecule has 0 bridgehead atoms. The SMILES string of the molecule is Cc1cc(=O)n(-c2ccccc2)[nH]1.Cc1cc(=O)n(-c2ccccc2)[nH]1. The molecule has 4 rings (SSSR count). The van der Waals surface area contributed by atoms with Crippen molar-refractivity contribution in [2.75, 3.05) is 0 Å². The lowest BCUT2D eigenvalue weighted by Crippen LogP contribution is -2.12. The highest BCUT2D eigenvalue weighted by Gasteiger charge is 2.01. The van der Waals surface area contributed by atoms with E-state index in [4.69, 9.17) is 0 Å². The van der Waals surface area contributed by atoms with Gasteiger partial charge in [-0.2, -0.15) is 0 Å². The zero-order valence-corrected chi connectivity index (χ0v) is 14.6. The zero-order chi connectivity index (χ0) is 18.5. The molecule has 2 heterocycles. The van der Waals surface area contributed by atoms with Crippen LogP contribution < -0.4 is 11.1 Å². The second-order valence-electron chi connectivity index (χ2n) is 5.90. The van der Waals surface area contributed by atoms with Gasteiger partial charge in [0.15, 0.2) is 0 Å². The molecule has 2 aromatic heterocycles. The number of rotatable bonds is 2. The van der Waals surface area contributed by atoms with Crippen molar-refractivity contribution >= 4 is 0 Å². The average Bonchev–Trinajstić information content (AvgIpc) is 3.17. The Labute approximate surface area is 150 Å². The highest BCUT2D eigenvalue weighted by molar-refractivity contribution is 5.31. The first-order chi connectivity index (χ1) is 12.5. The Balaban J connectivity index is 0.000000151. The van der Waals surface area contributed by atoms with Crippen molar-refractivity contribution in [2.24, 2.45) is 0 Å². The molecule has 0 radical (unpaired) electrons. The third-order valence-electron chi connectivity index (χ3n) is 3.73. The molecule has 0 saturated heterocycles. The standard InChI is InChI=1S/2C10H10N2O/c2*1-8-7-10(13)12(11-8)9-5-3-2-4-6-9/h2*2-7,11H,1H3. The topological polar surface area (TPSA) is 75.6 Å². The van der Waals surface area contributed by atoms with E-state index in [0.717, 1.165) is 22.8 Å². The summed E-state index contributed by atoms with van der Waals surface area (Å²) >= 11 is 0. The van der Waals surface area contributed by atoms with Crippen molar-refractivity contribution in [1.82, 2.24) is 19.6 Å². The minimum Gasteiger partial charge on any atom is -0.295 e. The van der Waals surface area contributed by atoms with E-state index in [1.165, 1.54) is 9.36 Å². The molecule has 2 N–H and O–H groups in total. The fourth-order valence-corrected chi connectivity index (χ4v) is 2.56. The number of aryl methyl sites for hydroxylation is 2. The fraction of sp³-hybridized carbons (Fsp3) is 0.100. The van der Waals surface area contributed by atoms with Gasteiger partial charge in [-0.05, 0) is 38.1 Å². The molecule has 0 unspecified atom stereocenters. The molecule has 0 saturated carbocycles. The fourth-order valence-electron chi connectivity index (χ4n) is 2.56. The summed E-state index contributed by atoms with van der Waals surface area (Å²) in [6, 6.07) is 22.1. The highest BCUT2D eigenvalue weighted by Crippen LogP contribution is 2.03. The van der Waals surface area contributed by atoms with Crippen LogP contribution in [0.2, 0.25) is 0 Å². The number of hydrogen-bond acceptors (Lipinski definition) is 2. The van der Waals surface area contributed by atoms with Gasteiger partial charge in [-0.3, -0.25) is 19.8 Å². The van der Waals surface area contributed by atoms with Gasteiger partial charge in [-0.25, -0.2) is 9.36 Å². The maximum absolute atomic E-state index is 11.4. The zero-order valence-electron chi connectivity index (χ0n) is 14.6. The van der Waals surface area contributed by atoms with Gasteiger partial charge < -0.3 is 0 Å². The molecule has 4 aromatic rings. The third kappa shape index (κ3) is 3.92. The van der Waals surface area contributed by atoms with Crippen LogP contribution in [0.15, 0.2) is 82.4 Å². The molecule has 0 amide bonds. The molecule has 0 aliphatic carbocycles. The first-order valence-corrected chi connectivity index (χ1v) is 8.23. The van der Waals surface area contributed by atoms with Crippen LogP contribution in [0, 0.1) is 13.8 Å². The van der Waals surface area contributed by atoms with Gasteiger partial charge in [0.05, 0.1) is 11.4 Å². The van der Waals surface area contributed by atoms with E-state index in [9.17, 15) is 9.59 Å². The Morgan fingerprint density at radius 3 is 1.23 bits per heavy atom. The van der Waals surface area contributed by atoms with Crippen molar-refractivity contribution < 1.29 is 0 Å². The molecule has 0 aliphatic rings. The van der Waals surface area contributed by atoms with Gasteiger partial charge >= 0.3 is 0 Å². The van der Waals surface area contributed by atoms with Crippen LogP contribution in [0.5, 0.6) is 0 Å². The smallest absolute Gasteiger partial charge is 0.271 e. The van der Waals surface area contributed by atoms with Crippen LogP contribution in [0.4, 0.5) is 0 Å². The van der Waals surface area contributed by atoms with E-state index in [-0.39, 0.29) is 11.1 Å². The maximum atomic E-state index is 11.4. The normalized spacial score (nSPS) is 10.2. The van der Waals surface area contributed by atoms with Crippen LogP contribution in [0.3, 0.4) is 0 Å². The van der Waals surface area contributed by atoms with E-state index < -0.39 is 0 Å². The minimum absolute atomic E-state index is 0.0244. The molecule has 0 aliphatic heterocycles. The summed E-state index contributed by atoms with van der Waals surface area (Å²) in [5.41, 5.74) is 3.41. The number of nitrogens with one attached hydrogen (secondary N) is 2. The largest absolute Gasteiger partial charge is 0.295 e. The predicted molar refractivity (Wildman–Crippen MR) is 102 cm³/mol. The van der Waals surface area contributed by atoms with Gasteiger partial charge in [0.1, 0.15) is 0 Å². The van der Waals surface area contributed by atoms with Gasteiger partial charge in [0, 0.05) is 23.5 Å². The lowest BCUT2D eigenvalue weighted by atomic mass is 10.3.